The van der Waals surface area contributed by atoms with Gasteiger partial charge in [0.1, 0.15) is 11.5 Å². The Hall–Kier alpha value is -4.24. The molecule has 2 aromatic heterocycles. The Morgan fingerprint density at radius 2 is 1.82 bits per heavy atom. The van der Waals surface area contributed by atoms with E-state index in [-0.39, 0.29) is 11.7 Å². The highest BCUT2D eigenvalue weighted by atomic mass is 19.1. The van der Waals surface area contributed by atoms with Crippen LogP contribution in [0.4, 0.5) is 10.1 Å². The number of aromatic nitrogens is 3. The maximum Gasteiger partial charge on any atom is 0.276 e. The van der Waals surface area contributed by atoms with Crippen molar-refractivity contribution in [2.75, 3.05) is 5.32 Å². The van der Waals surface area contributed by atoms with E-state index < -0.39 is 0 Å². The van der Waals surface area contributed by atoms with E-state index in [0.29, 0.717) is 17.1 Å². The zero-order chi connectivity index (χ0) is 22.6. The van der Waals surface area contributed by atoms with Gasteiger partial charge in [0.25, 0.3) is 5.91 Å². The van der Waals surface area contributed by atoms with Gasteiger partial charge in [-0.2, -0.15) is 5.10 Å². The van der Waals surface area contributed by atoms with E-state index in [1.54, 1.807) is 23.0 Å². The van der Waals surface area contributed by atoms with E-state index in [1.165, 1.54) is 12.1 Å². The lowest BCUT2D eigenvalue weighted by molar-refractivity contribution is 0.102. The Balaban J connectivity index is 1.41. The number of pyridine rings is 1. The summed E-state index contributed by atoms with van der Waals surface area (Å²) in [6, 6.07) is 19.2. The van der Waals surface area contributed by atoms with Crippen molar-refractivity contribution in [2.45, 2.75) is 25.7 Å². The Morgan fingerprint density at radius 1 is 0.970 bits per heavy atom. The molecule has 5 nitrogen and oxygen atoms in total. The van der Waals surface area contributed by atoms with Gasteiger partial charge in [-0.1, -0.05) is 18.1 Å². The number of hydrogen-bond acceptors (Lipinski definition) is 3. The van der Waals surface area contributed by atoms with Gasteiger partial charge in [-0.25, -0.2) is 14.1 Å². The van der Waals surface area contributed by atoms with Crippen molar-refractivity contribution < 1.29 is 9.18 Å². The molecule has 4 aromatic rings. The number of rotatable bonds is 3. The Labute approximate surface area is 191 Å². The van der Waals surface area contributed by atoms with Crippen molar-refractivity contribution in [1.29, 1.82) is 0 Å². The van der Waals surface area contributed by atoms with Crippen molar-refractivity contribution >= 4 is 11.6 Å². The molecule has 0 fully saturated rings. The van der Waals surface area contributed by atoms with Crippen LogP contribution in [0, 0.1) is 17.7 Å². The monoisotopic (exact) mass is 436 g/mol. The molecule has 2 aromatic carbocycles. The Kier molecular flexibility index (Phi) is 5.69. The minimum absolute atomic E-state index is 0.260. The molecule has 5 rings (SSSR count). The van der Waals surface area contributed by atoms with Crippen LogP contribution in [-0.4, -0.2) is 20.7 Å². The highest BCUT2D eigenvalue weighted by Crippen LogP contribution is 2.27. The predicted molar refractivity (Wildman–Crippen MR) is 125 cm³/mol. The van der Waals surface area contributed by atoms with Gasteiger partial charge in [0.15, 0.2) is 5.69 Å². The maximum absolute atomic E-state index is 13.4. The zero-order valence-corrected chi connectivity index (χ0v) is 17.9. The smallest absolute Gasteiger partial charge is 0.276 e. The zero-order valence-electron chi connectivity index (χ0n) is 17.9. The van der Waals surface area contributed by atoms with Crippen molar-refractivity contribution in [3.8, 4) is 17.5 Å². The third-order valence-corrected chi connectivity index (χ3v) is 5.59. The topological polar surface area (TPSA) is 59.8 Å². The summed E-state index contributed by atoms with van der Waals surface area (Å²) in [4.78, 5) is 17.4. The second-order valence-electron chi connectivity index (χ2n) is 7.87. The number of halogens is 1. The molecule has 0 saturated heterocycles. The molecule has 6 heteroatoms. The fourth-order valence-corrected chi connectivity index (χ4v) is 4.02. The minimum atomic E-state index is -0.302. The largest absolute Gasteiger partial charge is 0.321 e. The number of carbonyl (C=O) groups is 1. The van der Waals surface area contributed by atoms with Crippen LogP contribution in [0.15, 0.2) is 72.9 Å². The van der Waals surface area contributed by atoms with Gasteiger partial charge in [0, 0.05) is 28.7 Å². The van der Waals surface area contributed by atoms with Crippen LogP contribution in [0.3, 0.4) is 0 Å². The minimum Gasteiger partial charge on any atom is -0.321 e. The number of anilines is 1. The maximum atomic E-state index is 13.4. The average molecular weight is 436 g/mol. The van der Waals surface area contributed by atoms with Gasteiger partial charge in [-0.05, 0) is 86.2 Å². The van der Waals surface area contributed by atoms with E-state index in [4.69, 9.17) is 0 Å². The second kappa shape index (κ2) is 9.09. The van der Waals surface area contributed by atoms with Gasteiger partial charge in [-0.3, -0.25) is 4.79 Å². The van der Waals surface area contributed by atoms with Gasteiger partial charge >= 0.3 is 0 Å². The van der Waals surface area contributed by atoms with Gasteiger partial charge in [-0.15, -0.1) is 0 Å². The number of benzene rings is 2. The number of nitrogens with zero attached hydrogens (tertiary/aromatic N) is 3. The first-order valence-electron chi connectivity index (χ1n) is 10.9. The van der Waals surface area contributed by atoms with Crippen LogP contribution < -0.4 is 5.32 Å². The first kappa shape index (κ1) is 20.7. The normalized spacial score (nSPS) is 12.4. The van der Waals surface area contributed by atoms with Crippen LogP contribution in [0.2, 0.25) is 0 Å². The summed E-state index contributed by atoms with van der Waals surface area (Å²) in [7, 11) is 0. The Morgan fingerprint density at radius 3 is 2.64 bits per heavy atom. The number of nitrogens with one attached hydrogen (secondary N) is 1. The SMILES string of the molecule is O=C(Nc1cccc(C#Cc2ccccn2)c1)c1nn(-c2ccc(F)cc2)c2c1CCCC2. The lowest BCUT2D eigenvalue weighted by atomic mass is 9.95. The predicted octanol–water partition coefficient (Wildman–Crippen LogP) is 4.94. The summed E-state index contributed by atoms with van der Waals surface area (Å²) in [5, 5.41) is 7.59. The van der Waals surface area contributed by atoms with Crippen molar-refractivity contribution in [3.05, 3.63) is 107 Å². The lowest BCUT2D eigenvalue weighted by Gasteiger charge is -2.14. The molecule has 33 heavy (non-hydrogen) atoms. The van der Waals surface area contributed by atoms with Crippen LogP contribution in [0.25, 0.3) is 5.69 Å². The van der Waals surface area contributed by atoms with Crippen LogP contribution in [-0.2, 0) is 12.8 Å². The molecule has 0 radical (unpaired) electrons. The van der Waals surface area contributed by atoms with Gasteiger partial charge in [0.2, 0.25) is 0 Å². The lowest BCUT2D eigenvalue weighted by Crippen LogP contribution is -2.15. The molecular formula is C27H21FN4O. The van der Waals surface area contributed by atoms with Crippen molar-refractivity contribution in [3.63, 3.8) is 0 Å². The summed E-state index contributed by atoms with van der Waals surface area (Å²) in [5.74, 6) is 5.54. The van der Waals surface area contributed by atoms with Crippen molar-refractivity contribution in [2.24, 2.45) is 0 Å². The highest BCUT2D eigenvalue weighted by molar-refractivity contribution is 6.04. The third-order valence-electron chi connectivity index (χ3n) is 5.59. The molecule has 1 aliphatic rings. The number of amides is 1. The molecule has 2 heterocycles. The first-order valence-corrected chi connectivity index (χ1v) is 10.9. The van der Waals surface area contributed by atoms with Crippen molar-refractivity contribution in [1.82, 2.24) is 14.8 Å². The third kappa shape index (κ3) is 4.53. The number of hydrogen-bond donors (Lipinski definition) is 1. The first-order chi connectivity index (χ1) is 16.2. The molecule has 1 N–H and O–H groups in total. The van der Waals surface area contributed by atoms with E-state index in [2.05, 4.69) is 27.2 Å². The Bertz CT molecular complexity index is 1360. The fraction of sp³-hybridized carbons (Fsp3) is 0.148. The van der Waals surface area contributed by atoms with E-state index in [9.17, 15) is 9.18 Å². The molecule has 0 saturated carbocycles. The quantitative estimate of drug-likeness (QED) is 0.463. The second-order valence-corrected chi connectivity index (χ2v) is 7.87. The number of fused-ring (bicyclic) bond motifs is 1. The number of carbonyl (C=O) groups excluding carboxylic acids is 1. The molecule has 1 aliphatic carbocycles. The van der Waals surface area contributed by atoms with E-state index in [1.807, 2.05) is 42.5 Å². The molecule has 1 amide bonds. The molecule has 0 spiro atoms. The summed E-state index contributed by atoms with van der Waals surface area (Å²) in [6.07, 6.45) is 5.39. The highest BCUT2D eigenvalue weighted by Gasteiger charge is 2.25. The average Bonchev–Trinajstić information content (AvgIpc) is 3.24. The standard InChI is InChI=1S/C27H21FN4O/c28-20-12-15-23(16-13-20)32-25-10-2-1-9-24(25)26(31-32)27(33)30-22-8-5-6-19(18-22)11-14-21-7-3-4-17-29-21/h3-8,12-13,15-18H,1-2,9-10H2,(H,30,33). The van der Waals surface area contributed by atoms with Gasteiger partial charge in [0.05, 0.1) is 5.69 Å². The summed E-state index contributed by atoms with van der Waals surface area (Å²) >= 11 is 0. The van der Waals surface area contributed by atoms with E-state index >= 15 is 0 Å². The molecule has 0 unspecified atom stereocenters. The summed E-state index contributed by atoms with van der Waals surface area (Å²) in [5.41, 5.74) is 5.26. The molecular weight excluding hydrogens is 415 g/mol. The summed E-state index contributed by atoms with van der Waals surface area (Å²) in [6.45, 7) is 0. The molecule has 0 atom stereocenters. The molecule has 0 bridgehead atoms. The van der Waals surface area contributed by atoms with E-state index in [0.717, 1.165) is 48.2 Å². The van der Waals surface area contributed by atoms with Gasteiger partial charge < -0.3 is 5.32 Å². The fourth-order valence-electron chi connectivity index (χ4n) is 4.02. The molecule has 162 valence electrons. The molecule has 0 aliphatic heterocycles. The summed E-state index contributed by atoms with van der Waals surface area (Å²) < 4.78 is 15.2. The van der Waals surface area contributed by atoms with Crippen LogP contribution >= 0.6 is 0 Å². The van der Waals surface area contributed by atoms with Crippen LogP contribution in [0.5, 0.6) is 0 Å². The van der Waals surface area contributed by atoms with Crippen LogP contribution in [0.1, 0.15) is 45.8 Å².